The van der Waals surface area contributed by atoms with E-state index in [0.29, 0.717) is 11.5 Å². The zero-order chi connectivity index (χ0) is 9.60. The summed E-state index contributed by atoms with van der Waals surface area (Å²) in [6, 6.07) is 0.488. The highest BCUT2D eigenvalue weighted by atomic mass is 16.5. The molecule has 0 bridgehead atoms. The molecule has 2 aliphatic heterocycles. The zero-order valence-corrected chi connectivity index (χ0v) is 8.74. The van der Waals surface area contributed by atoms with Crippen LogP contribution in [0.3, 0.4) is 0 Å². The van der Waals surface area contributed by atoms with E-state index >= 15 is 0 Å². The number of hydrogen-bond donors (Lipinski definition) is 1. The Morgan fingerprint density at radius 2 is 2.07 bits per heavy atom. The molecule has 3 heteroatoms. The Labute approximate surface area is 85.6 Å². The standard InChI is InChI=1S/C11H20N2O/c12-10-2-1-9(3-10)4-13-5-11(6-13)7-14-8-11/h9-10H,1-8,12H2. The Balaban J connectivity index is 1.42. The first-order valence-corrected chi connectivity index (χ1v) is 5.81. The maximum atomic E-state index is 5.91. The summed E-state index contributed by atoms with van der Waals surface area (Å²) in [6.45, 7) is 5.86. The highest BCUT2D eigenvalue weighted by Gasteiger charge is 2.49. The number of hydrogen-bond acceptors (Lipinski definition) is 3. The van der Waals surface area contributed by atoms with Crippen molar-refractivity contribution in [1.29, 1.82) is 0 Å². The van der Waals surface area contributed by atoms with Gasteiger partial charge < -0.3 is 15.4 Å². The molecule has 0 radical (unpaired) electrons. The van der Waals surface area contributed by atoms with E-state index in [9.17, 15) is 0 Å². The largest absolute Gasteiger partial charge is 0.380 e. The van der Waals surface area contributed by atoms with Crippen molar-refractivity contribution in [1.82, 2.24) is 4.90 Å². The molecule has 1 spiro atoms. The van der Waals surface area contributed by atoms with Gasteiger partial charge in [0.25, 0.3) is 0 Å². The van der Waals surface area contributed by atoms with Crippen molar-refractivity contribution in [3.05, 3.63) is 0 Å². The molecule has 2 heterocycles. The van der Waals surface area contributed by atoms with Crippen LogP contribution in [0.1, 0.15) is 19.3 Å². The van der Waals surface area contributed by atoms with Crippen molar-refractivity contribution in [2.24, 2.45) is 17.1 Å². The molecule has 2 atom stereocenters. The molecular formula is C11H20N2O. The molecule has 1 aliphatic carbocycles. The number of likely N-dealkylation sites (tertiary alicyclic amines) is 1. The van der Waals surface area contributed by atoms with Crippen molar-refractivity contribution in [2.75, 3.05) is 32.8 Å². The molecule has 0 aromatic heterocycles. The number of nitrogens with two attached hydrogens (primary N) is 1. The van der Waals surface area contributed by atoms with Crippen molar-refractivity contribution >= 4 is 0 Å². The van der Waals surface area contributed by atoms with Crippen molar-refractivity contribution in [2.45, 2.75) is 25.3 Å². The van der Waals surface area contributed by atoms with Crippen LogP contribution >= 0.6 is 0 Å². The first kappa shape index (κ1) is 9.13. The molecule has 3 fully saturated rings. The van der Waals surface area contributed by atoms with E-state index in [0.717, 1.165) is 19.1 Å². The maximum Gasteiger partial charge on any atom is 0.0569 e. The second kappa shape index (κ2) is 3.19. The smallest absolute Gasteiger partial charge is 0.0569 e. The Bertz CT molecular complexity index is 219. The van der Waals surface area contributed by atoms with E-state index in [2.05, 4.69) is 4.90 Å². The lowest BCUT2D eigenvalue weighted by Crippen LogP contribution is -2.66. The van der Waals surface area contributed by atoms with Crippen molar-refractivity contribution in [3.63, 3.8) is 0 Å². The molecule has 0 amide bonds. The molecule has 2 saturated heterocycles. The van der Waals surface area contributed by atoms with Crippen LogP contribution in [0.5, 0.6) is 0 Å². The van der Waals surface area contributed by atoms with E-state index in [1.807, 2.05) is 0 Å². The molecule has 1 saturated carbocycles. The highest BCUT2D eigenvalue weighted by Crippen LogP contribution is 2.38. The van der Waals surface area contributed by atoms with Crippen LogP contribution < -0.4 is 5.73 Å². The van der Waals surface area contributed by atoms with Crippen LogP contribution in [0, 0.1) is 11.3 Å². The summed E-state index contributed by atoms with van der Waals surface area (Å²) >= 11 is 0. The second-order valence-electron chi connectivity index (χ2n) is 5.60. The van der Waals surface area contributed by atoms with Gasteiger partial charge in [0, 0.05) is 31.1 Å². The van der Waals surface area contributed by atoms with Gasteiger partial charge >= 0.3 is 0 Å². The van der Waals surface area contributed by atoms with Gasteiger partial charge in [0.05, 0.1) is 13.2 Å². The minimum atomic E-state index is 0.488. The third-order valence-corrected chi connectivity index (χ3v) is 4.03. The summed E-state index contributed by atoms with van der Waals surface area (Å²) in [5.41, 5.74) is 6.50. The number of ether oxygens (including phenoxy) is 1. The monoisotopic (exact) mass is 196 g/mol. The number of rotatable bonds is 2. The maximum absolute atomic E-state index is 5.91. The van der Waals surface area contributed by atoms with Gasteiger partial charge in [0.2, 0.25) is 0 Å². The highest BCUT2D eigenvalue weighted by molar-refractivity contribution is 5.00. The fourth-order valence-electron chi connectivity index (χ4n) is 3.25. The zero-order valence-electron chi connectivity index (χ0n) is 8.74. The van der Waals surface area contributed by atoms with Gasteiger partial charge in [-0.1, -0.05) is 0 Å². The lowest BCUT2D eigenvalue weighted by Gasteiger charge is -2.55. The molecule has 0 aromatic rings. The average Bonchev–Trinajstić information content (AvgIpc) is 2.39. The van der Waals surface area contributed by atoms with E-state index < -0.39 is 0 Å². The van der Waals surface area contributed by atoms with Crippen LogP contribution in [-0.4, -0.2) is 43.8 Å². The average molecular weight is 196 g/mol. The van der Waals surface area contributed by atoms with Crippen molar-refractivity contribution < 1.29 is 4.74 Å². The van der Waals surface area contributed by atoms with Crippen molar-refractivity contribution in [3.8, 4) is 0 Å². The summed E-state index contributed by atoms with van der Waals surface area (Å²) < 4.78 is 5.27. The Morgan fingerprint density at radius 3 is 2.57 bits per heavy atom. The van der Waals surface area contributed by atoms with Crippen LogP contribution in [0.4, 0.5) is 0 Å². The normalized spacial score (nSPS) is 40.9. The van der Waals surface area contributed by atoms with Gasteiger partial charge in [0.15, 0.2) is 0 Å². The molecular weight excluding hydrogens is 176 g/mol. The lowest BCUT2D eigenvalue weighted by molar-refractivity contribution is -0.190. The fraction of sp³-hybridized carbons (Fsp3) is 1.00. The number of nitrogens with zero attached hydrogens (tertiary/aromatic N) is 1. The third-order valence-electron chi connectivity index (χ3n) is 4.03. The SMILES string of the molecule is NC1CCC(CN2CC3(COC3)C2)C1. The summed E-state index contributed by atoms with van der Waals surface area (Å²) in [4.78, 5) is 2.59. The molecule has 80 valence electrons. The lowest BCUT2D eigenvalue weighted by atomic mass is 9.77. The predicted molar refractivity (Wildman–Crippen MR) is 55.0 cm³/mol. The van der Waals surface area contributed by atoms with Gasteiger partial charge in [-0.2, -0.15) is 0 Å². The molecule has 2 N–H and O–H groups in total. The molecule has 14 heavy (non-hydrogen) atoms. The van der Waals surface area contributed by atoms with Gasteiger partial charge in [-0.3, -0.25) is 0 Å². The molecule has 0 aromatic carbocycles. The second-order valence-corrected chi connectivity index (χ2v) is 5.60. The summed E-state index contributed by atoms with van der Waals surface area (Å²) in [5, 5.41) is 0. The van der Waals surface area contributed by atoms with E-state index in [4.69, 9.17) is 10.5 Å². The quantitative estimate of drug-likeness (QED) is 0.697. The van der Waals surface area contributed by atoms with E-state index in [1.165, 1.54) is 38.9 Å². The van der Waals surface area contributed by atoms with Gasteiger partial charge in [-0.05, 0) is 25.2 Å². The van der Waals surface area contributed by atoms with Gasteiger partial charge in [-0.15, -0.1) is 0 Å². The summed E-state index contributed by atoms with van der Waals surface area (Å²) in [7, 11) is 0. The summed E-state index contributed by atoms with van der Waals surface area (Å²) in [6.07, 6.45) is 3.84. The van der Waals surface area contributed by atoms with E-state index in [-0.39, 0.29) is 0 Å². The third kappa shape index (κ3) is 1.47. The van der Waals surface area contributed by atoms with Gasteiger partial charge in [-0.25, -0.2) is 0 Å². The van der Waals surface area contributed by atoms with Gasteiger partial charge in [0.1, 0.15) is 0 Å². The minimum absolute atomic E-state index is 0.488. The Morgan fingerprint density at radius 1 is 1.29 bits per heavy atom. The van der Waals surface area contributed by atoms with Crippen LogP contribution in [0.25, 0.3) is 0 Å². The Hall–Kier alpha value is -0.120. The first-order valence-electron chi connectivity index (χ1n) is 5.81. The van der Waals surface area contributed by atoms with Crippen LogP contribution in [0.2, 0.25) is 0 Å². The predicted octanol–water partition coefficient (Wildman–Crippen LogP) is 0.446. The molecule has 2 unspecified atom stereocenters. The van der Waals surface area contributed by atoms with E-state index in [1.54, 1.807) is 0 Å². The first-order chi connectivity index (χ1) is 6.76. The van der Waals surface area contributed by atoms with Crippen LogP contribution in [-0.2, 0) is 4.74 Å². The minimum Gasteiger partial charge on any atom is -0.380 e. The topological polar surface area (TPSA) is 38.5 Å². The molecule has 3 nitrogen and oxygen atoms in total. The molecule has 3 aliphatic rings. The summed E-state index contributed by atoms with van der Waals surface area (Å²) in [5.74, 6) is 0.878. The van der Waals surface area contributed by atoms with Crippen LogP contribution in [0.15, 0.2) is 0 Å². The molecule has 3 rings (SSSR count). The Kier molecular flexibility index (Phi) is 2.08. The fourth-order valence-corrected chi connectivity index (χ4v) is 3.25.